The minimum absolute atomic E-state index is 0.0586. The van der Waals surface area contributed by atoms with Crippen LogP contribution in [0, 0.1) is 11.7 Å². The first kappa shape index (κ1) is 25.5. The van der Waals surface area contributed by atoms with E-state index in [4.69, 9.17) is 9.47 Å². The number of nitrogens with zero attached hydrogens (tertiary/aromatic N) is 2. The number of methoxy groups -OCH3 is 1. The summed E-state index contributed by atoms with van der Waals surface area (Å²) < 4.78 is 25.6. The van der Waals surface area contributed by atoms with Gasteiger partial charge < -0.3 is 25.0 Å². The van der Waals surface area contributed by atoms with E-state index >= 15 is 0 Å². The Hall–Kier alpha value is -3.17. The predicted octanol–water partition coefficient (Wildman–Crippen LogP) is 3.91. The molecule has 0 unspecified atom stereocenters. The van der Waals surface area contributed by atoms with E-state index in [1.54, 1.807) is 43.3 Å². The van der Waals surface area contributed by atoms with Gasteiger partial charge in [0.1, 0.15) is 18.2 Å². The molecule has 0 bridgehead atoms. The Bertz CT molecular complexity index is 1020. The zero-order valence-electron chi connectivity index (χ0n) is 20.3. The number of amides is 3. The fourth-order valence-corrected chi connectivity index (χ4v) is 3.88. The Morgan fingerprint density at radius 3 is 2.56 bits per heavy atom. The van der Waals surface area contributed by atoms with Crippen molar-refractivity contribution in [2.45, 2.75) is 26.0 Å². The molecule has 3 amide bonds. The van der Waals surface area contributed by atoms with Crippen molar-refractivity contribution >= 4 is 23.3 Å². The molecular formula is C25H33FN4O4. The smallest absolute Gasteiger partial charge is 0.323 e. The molecule has 9 heteroatoms. The lowest BCUT2D eigenvalue weighted by Gasteiger charge is -2.34. The average Bonchev–Trinajstić information content (AvgIpc) is 2.81. The van der Waals surface area contributed by atoms with Gasteiger partial charge in [-0.15, -0.1) is 0 Å². The summed E-state index contributed by atoms with van der Waals surface area (Å²) in [6.07, 6.45) is -0.139. The van der Waals surface area contributed by atoms with E-state index in [1.165, 1.54) is 18.2 Å². The highest BCUT2D eigenvalue weighted by Gasteiger charge is 2.27. The summed E-state index contributed by atoms with van der Waals surface area (Å²) in [6, 6.07) is 10.3. The lowest BCUT2D eigenvalue weighted by Crippen LogP contribution is -2.45. The summed E-state index contributed by atoms with van der Waals surface area (Å²) in [5, 5.41) is 5.13. The van der Waals surface area contributed by atoms with Crippen molar-refractivity contribution in [1.29, 1.82) is 0 Å². The fraction of sp³-hybridized carbons (Fsp3) is 0.440. The van der Waals surface area contributed by atoms with Crippen LogP contribution in [0.15, 0.2) is 42.5 Å². The second-order valence-electron chi connectivity index (χ2n) is 8.81. The Kier molecular flexibility index (Phi) is 8.46. The molecule has 2 N–H and O–H groups in total. The highest BCUT2D eigenvalue weighted by molar-refractivity contribution is 6.02. The SMILES string of the molecule is CO[C@H]1CN(C)C(=O)c2cc(NC(=O)Nc3ccccc3F)ccc2OC[C@H](C)N(C)C[C@H]1C. The second-order valence-corrected chi connectivity index (χ2v) is 8.81. The van der Waals surface area contributed by atoms with E-state index in [1.807, 2.05) is 7.05 Å². The lowest BCUT2D eigenvalue weighted by molar-refractivity contribution is 0.0150. The molecule has 0 spiro atoms. The first-order valence-corrected chi connectivity index (χ1v) is 11.3. The van der Waals surface area contributed by atoms with Crippen LogP contribution in [-0.2, 0) is 4.74 Å². The van der Waals surface area contributed by atoms with Gasteiger partial charge in [-0.05, 0) is 50.2 Å². The molecule has 1 aliphatic rings. The van der Waals surface area contributed by atoms with Gasteiger partial charge in [0.25, 0.3) is 5.91 Å². The van der Waals surface area contributed by atoms with E-state index in [-0.39, 0.29) is 29.7 Å². The van der Waals surface area contributed by atoms with Crippen LogP contribution in [0.2, 0.25) is 0 Å². The van der Waals surface area contributed by atoms with Gasteiger partial charge in [-0.25, -0.2) is 9.18 Å². The lowest BCUT2D eigenvalue weighted by atomic mass is 10.0. The molecule has 0 radical (unpaired) electrons. The van der Waals surface area contributed by atoms with Crippen LogP contribution < -0.4 is 15.4 Å². The number of halogens is 1. The summed E-state index contributed by atoms with van der Waals surface area (Å²) in [7, 11) is 5.41. The Morgan fingerprint density at radius 2 is 1.85 bits per heavy atom. The third-order valence-electron chi connectivity index (χ3n) is 6.14. The van der Waals surface area contributed by atoms with Gasteiger partial charge in [0.05, 0.1) is 17.4 Å². The molecule has 34 heavy (non-hydrogen) atoms. The molecule has 0 saturated heterocycles. The van der Waals surface area contributed by atoms with Crippen LogP contribution in [0.5, 0.6) is 5.75 Å². The largest absolute Gasteiger partial charge is 0.491 e. The maximum absolute atomic E-state index is 13.8. The number of hydrogen-bond acceptors (Lipinski definition) is 5. The zero-order valence-corrected chi connectivity index (χ0v) is 20.3. The number of ether oxygens (including phenoxy) is 2. The molecule has 8 nitrogen and oxygen atoms in total. The average molecular weight is 473 g/mol. The monoisotopic (exact) mass is 472 g/mol. The third-order valence-corrected chi connectivity index (χ3v) is 6.14. The summed E-state index contributed by atoms with van der Waals surface area (Å²) in [6.45, 7) is 5.77. The topological polar surface area (TPSA) is 83.1 Å². The number of urea groups is 1. The van der Waals surface area contributed by atoms with E-state index in [2.05, 4.69) is 29.4 Å². The number of likely N-dealkylation sites (N-methyl/N-ethyl adjacent to an activating group) is 2. The molecule has 3 rings (SSSR count). The van der Waals surface area contributed by atoms with E-state index in [0.29, 0.717) is 30.2 Å². The molecule has 184 valence electrons. The van der Waals surface area contributed by atoms with E-state index in [9.17, 15) is 14.0 Å². The summed E-state index contributed by atoms with van der Waals surface area (Å²) >= 11 is 0. The van der Waals surface area contributed by atoms with Crippen molar-refractivity contribution in [1.82, 2.24) is 9.80 Å². The van der Waals surface area contributed by atoms with Crippen molar-refractivity contribution in [3.63, 3.8) is 0 Å². The highest BCUT2D eigenvalue weighted by Crippen LogP contribution is 2.26. The van der Waals surface area contributed by atoms with Gasteiger partial charge in [0.2, 0.25) is 0 Å². The molecule has 1 heterocycles. The van der Waals surface area contributed by atoms with Crippen LogP contribution >= 0.6 is 0 Å². The molecule has 0 aromatic heterocycles. The van der Waals surface area contributed by atoms with Crippen molar-refractivity contribution in [2.24, 2.45) is 5.92 Å². The van der Waals surface area contributed by atoms with Gasteiger partial charge in [0, 0.05) is 39.0 Å². The second kappa shape index (κ2) is 11.3. The van der Waals surface area contributed by atoms with E-state index < -0.39 is 11.8 Å². The quantitative estimate of drug-likeness (QED) is 0.708. The predicted molar refractivity (Wildman–Crippen MR) is 130 cm³/mol. The van der Waals surface area contributed by atoms with Crippen LogP contribution in [0.4, 0.5) is 20.6 Å². The van der Waals surface area contributed by atoms with Gasteiger partial charge in [-0.1, -0.05) is 19.1 Å². The Balaban J connectivity index is 1.85. The third kappa shape index (κ3) is 6.24. The molecule has 0 aliphatic carbocycles. The normalized spacial score (nSPS) is 22.1. The van der Waals surface area contributed by atoms with Crippen molar-refractivity contribution in [3.05, 3.63) is 53.8 Å². The fourth-order valence-electron chi connectivity index (χ4n) is 3.88. The van der Waals surface area contributed by atoms with Gasteiger partial charge >= 0.3 is 6.03 Å². The maximum Gasteiger partial charge on any atom is 0.323 e. The highest BCUT2D eigenvalue weighted by atomic mass is 19.1. The number of carbonyl (C=O) groups is 2. The van der Waals surface area contributed by atoms with Crippen molar-refractivity contribution in [2.75, 3.05) is 51.5 Å². The number of para-hydroxylation sites is 1. The Labute approximate surface area is 200 Å². The molecule has 2 aromatic rings. The zero-order chi connectivity index (χ0) is 24.8. The van der Waals surface area contributed by atoms with Crippen LogP contribution in [0.3, 0.4) is 0 Å². The number of carbonyl (C=O) groups excluding carboxylic acids is 2. The number of rotatable bonds is 3. The standard InChI is InChI=1S/C25H33FN4O4/c1-16-13-29(3)17(2)15-34-22-11-10-18(12-19(22)24(31)30(4)14-23(16)33-5)27-25(32)28-21-9-7-6-8-20(21)26/h6-12,16-17,23H,13-15H2,1-5H3,(H2,27,28,32)/t16-,17+,23+/m1/s1. The molecule has 0 saturated carbocycles. The van der Waals surface area contributed by atoms with Gasteiger partial charge in [-0.2, -0.15) is 0 Å². The first-order valence-electron chi connectivity index (χ1n) is 11.3. The van der Waals surface area contributed by atoms with Crippen LogP contribution in [0.25, 0.3) is 0 Å². The minimum atomic E-state index is -0.622. The van der Waals surface area contributed by atoms with Crippen molar-refractivity contribution in [3.8, 4) is 5.75 Å². The van der Waals surface area contributed by atoms with Crippen LogP contribution in [0.1, 0.15) is 24.2 Å². The molecular weight excluding hydrogens is 439 g/mol. The number of nitrogens with one attached hydrogen (secondary N) is 2. The van der Waals surface area contributed by atoms with Gasteiger partial charge in [0.15, 0.2) is 0 Å². The number of hydrogen-bond donors (Lipinski definition) is 2. The molecule has 2 aromatic carbocycles. The summed E-state index contributed by atoms with van der Waals surface area (Å²) in [5.74, 6) is -0.160. The summed E-state index contributed by atoms with van der Waals surface area (Å²) in [5.41, 5.74) is 0.763. The van der Waals surface area contributed by atoms with Crippen molar-refractivity contribution < 1.29 is 23.5 Å². The summed E-state index contributed by atoms with van der Waals surface area (Å²) in [4.78, 5) is 29.6. The minimum Gasteiger partial charge on any atom is -0.491 e. The van der Waals surface area contributed by atoms with E-state index in [0.717, 1.165) is 6.54 Å². The molecule has 3 atom stereocenters. The number of fused-ring (bicyclic) bond motifs is 1. The molecule has 0 fully saturated rings. The first-order chi connectivity index (χ1) is 16.2. The number of anilines is 2. The number of benzene rings is 2. The Morgan fingerprint density at radius 1 is 1.12 bits per heavy atom. The van der Waals surface area contributed by atoms with Gasteiger partial charge in [-0.3, -0.25) is 9.69 Å². The molecule has 1 aliphatic heterocycles. The van der Waals surface area contributed by atoms with Crippen LogP contribution in [-0.4, -0.2) is 74.8 Å². The maximum atomic E-state index is 13.8.